The largest absolute Gasteiger partial charge is 0.487 e. The molecular formula is C14H16Cl2N2O. The second-order valence-electron chi connectivity index (χ2n) is 4.28. The fourth-order valence-corrected chi connectivity index (χ4v) is 2.23. The minimum absolute atomic E-state index is 0.376. The van der Waals surface area contributed by atoms with Gasteiger partial charge in [0.15, 0.2) is 0 Å². The molecule has 1 heterocycles. The van der Waals surface area contributed by atoms with Gasteiger partial charge in [-0.3, -0.25) is 4.68 Å². The van der Waals surface area contributed by atoms with Gasteiger partial charge < -0.3 is 4.74 Å². The molecule has 0 fully saturated rings. The Kier molecular flexibility index (Phi) is 4.72. The highest BCUT2D eigenvalue weighted by Gasteiger charge is 2.07. The summed E-state index contributed by atoms with van der Waals surface area (Å²) in [5, 5.41) is 5.05. The Balaban J connectivity index is 2.11. The third kappa shape index (κ3) is 3.43. The van der Waals surface area contributed by atoms with E-state index in [1.807, 2.05) is 23.9 Å². The number of aromatic nitrogens is 2. The minimum atomic E-state index is 0.376. The summed E-state index contributed by atoms with van der Waals surface area (Å²) >= 11 is 11.8. The van der Waals surface area contributed by atoms with Gasteiger partial charge in [-0.05, 0) is 30.7 Å². The smallest absolute Gasteiger partial charge is 0.130 e. The number of rotatable bonds is 5. The SMILES string of the molecule is CCc1cc(COc2ccc(Cl)cc2CCl)n(C)n1. The van der Waals surface area contributed by atoms with E-state index < -0.39 is 0 Å². The van der Waals surface area contributed by atoms with E-state index in [4.69, 9.17) is 27.9 Å². The van der Waals surface area contributed by atoms with E-state index in [0.717, 1.165) is 29.1 Å². The molecule has 2 aromatic rings. The Morgan fingerprint density at radius 2 is 2.11 bits per heavy atom. The summed E-state index contributed by atoms with van der Waals surface area (Å²) in [7, 11) is 1.92. The monoisotopic (exact) mass is 298 g/mol. The normalized spacial score (nSPS) is 10.7. The zero-order valence-corrected chi connectivity index (χ0v) is 12.5. The van der Waals surface area contributed by atoms with Gasteiger partial charge in [-0.1, -0.05) is 18.5 Å². The lowest BCUT2D eigenvalue weighted by atomic mass is 10.2. The molecule has 0 unspecified atom stereocenters. The van der Waals surface area contributed by atoms with Gasteiger partial charge in [-0.15, -0.1) is 11.6 Å². The van der Waals surface area contributed by atoms with Crippen LogP contribution in [0.5, 0.6) is 5.75 Å². The fourth-order valence-electron chi connectivity index (χ4n) is 1.82. The third-order valence-corrected chi connectivity index (χ3v) is 3.45. The molecule has 0 amide bonds. The molecule has 19 heavy (non-hydrogen) atoms. The maximum Gasteiger partial charge on any atom is 0.130 e. The molecule has 0 aliphatic carbocycles. The van der Waals surface area contributed by atoms with Crippen LogP contribution in [0.25, 0.3) is 0 Å². The molecule has 0 aliphatic heterocycles. The summed E-state index contributed by atoms with van der Waals surface area (Å²) in [6.45, 7) is 2.55. The number of ether oxygens (including phenoxy) is 1. The number of alkyl halides is 1. The molecule has 0 spiro atoms. The van der Waals surface area contributed by atoms with Gasteiger partial charge in [0.05, 0.1) is 17.3 Å². The van der Waals surface area contributed by atoms with Crippen molar-refractivity contribution in [2.75, 3.05) is 0 Å². The van der Waals surface area contributed by atoms with Crippen LogP contribution in [0.4, 0.5) is 0 Å². The highest BCUT2D eigenvalue weighted by molar-refractivity contribution is 6.30. The van der Waals surface area contributed by atoms with Crippen LogP contribution >= 0.6 is 23.2 Å². The number of hydrogen-bond donors (Lipinski definition) is 0. The van der Waals surface area contributed by atoms with E-state index in [0.29, 0.717) is 17.5 Å². The van der Waals surface area contributed by atoms with Crippen LogP contribution in [-0.4, -0.2) is 9.78 Å². The molecule has 3 nitrogen and oxygen atoms in total. The summed E-state index contributed by atoms with van der Waals surface area (Å²) in [5.41, 5.74) is 2.99. The number of aryl methyl sites for hydroxylation is 2. The van der Waals surface area contributed by atoms with Crippen molar-refractivity contribution in [3.63, 3.8) is 0 Å². The van der Waals surface area contributed by atoms with Gasteiger partial charge >= 0.3 is 0 Å². The highest BCUT2D eigenvalue weighted by atomic mass is 35.5. The van der Waals surface area contributed by atoms with Crippen molar-refractivity contribution >= 4 is 23.2 Å². The highest BCUT2D eigenvalue weighted by Crippen LogP contribution is 2.25. The van der Waals surface area contributed by atoms with Crippen LogP contribution < -0.4 is 4.74 Å². The van der Waals surface area contributed by atoms with E-state index in [1.54, 1.807) is 6.07 Å². The van der Waals surface area contributed by atoms with Crippen molar-refractivity contribution in [1.82, 2.24) is 9.78 Å². The van der Waals surface area contributed by atoms with Crippen LogP contribution in [0.1, 0.15) is 23.9 Å². The summed E-state index contributed by atoms with van der Waals surface area (Å²) in [4.78, 5) is 0. The molecule has 0 atom stereocenters. The quantitative estimate of drug-likeness (QED) is 0.782. The molecule has 0 saturated carbocycles. The lowest BCUT2D eigenvalue weighted by Crippen LogP contribution is -2.04. The minimum Gasteiger partial charge on any atom is -0.487 e. The van der Waals surface area contributed by atoms with Crippen molar-refractivity contribution in [3.05, 3.63) is 46.2 Å². The molecule has 2 rings (SSSR count). The fraction of sp³-hybridized carbons (Fsp3) is 0.357. The Morgan fingerprint density at radius 1 is 1.32 bits per heavy atom. The van der Waals surface area contributed by atoms with Crippen LogP contribution in [0.2, 0.25) is 5.02 Å². The van der Waals surface area contributed by atoms with Crippen molar-refractivity contribution in [2.24, 2.45) is 7.05 Å². The average molecular weight is 299 g/mol. The van der Waals surface area contributed by atoms with Crippen LogP contribution in [0.3, 0.4) is 0 Å². The standard InChI is InChI=1S/C14H16Cl2N2O/c1-3-12-7-13(18(2)17-12)9-19-14-5-4-11(16)6-10(14)8-15/h4-7H,3,8-9H2,1-2H3. The van der Waals surface area contributed by atoms with Gasteiger partial charge in [0.1, 0.15) is 12.4 Å². The molecule has 5 heteroatoms. The average Bonchev–Trinajstić information content (AvgIpc) is 2.78. The Morgan fingerprint density at radius 3 is 2.74 bits per heavy atom. The van der Waals surface area contributed by atoms with E-state index in [9.17, 15) is 0 Å². The zero-order chi connectivity index (χ0) is 13.8. The van der Waals surface area contributed by atoms with Crippen molar-refractivity contribution in [2.45, 2.75) is 25.8 Å². The summed E-state index contributed by atoms with van der Waals surface area (Å²) in [5.74, 6) is 1.14. The Bertz CT molecular complexity index is 567. The molecule has 102 valence electrons. The van der Waals surface area contributed by atoms with E-state index in [1.165, 1.54) is 0 Å². The maximum absolute atomic E-state index is 5.93. The molecule has 0 aliphatic rings. The number of benzene rings is 1. The first-order chi connectivity index (χ1) is 9.13. The van der Waals surface area contributed by atoms with E-state index in [2.05, 4.69) is 18.1 Å². The first-order valence-corrected chi connectivity index (χ1v) is 7.04. The molecule has 0 N–H and O–H groups in total. The molecular weight excluding hydrogens is 283 g/mol. The van der Waals surface area contributed by atoms with Crippen LogP contribution in [0, 0.1) is 0 Å². The third-order valence-electron chi connectivity index (χ3n) is 2.93. The van der Waals surface area contributed by atoms with E-state index >= 15 is 0 Å². The van der Waals surface area contributed by atoms with Crippen molar-refractivity contribution in [1.29, 1.82) is 0 Å². The Hall–Kier alpha value is -1.19. The second-order valence-corrected chi connectivity index (χ2v) is 4.98. The van der Waals surface area contributed by atoms with Gasteiger partial charge in [-0.25, -0.2) is 0 Å². The lowest BCUT2D eigenvalue weighted by molar-refractivity contribution is 0.292. The van der Waals surface area contributed by atoms with Gasteiger partial charge in [0, 0.05) is 17.6 Å². The first kappa shape index (κ1) is 14.2. The van der Waals surface area contributed by atoms with Gasteiger partial charge in [0.2, 0.25) is 0 Å². The predicted octanol–water partition coefficient (Wildman–Crippen LogP) is 3.95. The topological polar surface area (TPSA) is 27.1 Å². The lowest BCUT2D eigenvalue weighted by Gasteiger charge is -2.10. The predicted molar refractivity (Wildman–Crippen MR) is 77.9 cm³/mol. The summed E-state index contributed by atoms with van der Waals surface area (Å²) < 4.78 is 7.65. The number of nitrogens with zero attached hydrogens (tertiary/aromatic N) is 2. The van der Waals surface area contributed by atoms with Crippen LogP contribution in [-0.2, 0) is 26.0 Å². The summed E-state index contributed by atoms with van der Waals surface area (Å²) in [6.07, 6.45) is 0.918. The molecule has 0 radical (unpaired) electrons. The van der Waals surface area contributed by atoms with Crippen molar-refractivity contribution < 1.29 is 4.74 Å². The Labute approximate surface area is 123 Å². The van der Waals surface area contributed by atoms with Gasteiger partial charge in [-0.2, -0.15) is 5.10 Å². The molecule has 1 aromatic carbocycles. The van der Waals surface area contributed by atoms with E-state index in [-0.39, 0.29) is 0 Å². The molecule has 0 saturated heterocycles. The number of hydrogen-bond acceptors (Lipinski definition) is 2. The van der Waals surface area contributed by atoms with Crippen molar-refractivity contribution in [3.8, 4) is 5.75 Å². The second kappa shape index (κ2) is 6.31. The maximum atomic E-state index is 5.93. The summed E-state index contributed by atoms with van der Waals surface area (Å²) in [6, 6.07) is 7.52. The van der Waals surface area contributed by atoms with Crippen LogP contribution in [0.15, 0.2) is 24.3 Å². The molecule has 0 bridgehead atoms. The van der Waals surface area contributed by atoms with Gasteiger partial charge in [0.25, 0.3) is 0 Å². The zero-order valence-electron chi connectivity index (χ0n) is 11.0. The number of halogens is 2. The molecule has 1 aromatic heterocycles. The first-order valence-electron chi connectivity index (χ1n) is 6.13.